The molecule has 0 saturated carbocycles. The van der Waals surface area contributed by atoms with E-state index >= 15 is 0 Å². The number of ether oxygens (including phenoxy) is 1. The Hall–Kier alpha value is -2.25. The van der Waals surface area contributed by atoms with E-state index in [0.29, 0.717) is 0 Å². The monoisotopic (exact) mass is 315 g/mol. The van der Waals surface area contributed by atoms with Crippen molar-refractivity contribution in [2.75, 3.05) is 0 Å². The van der Waals surface area contributed by atoms with Gasteiger partial charge < -0.3 is 9.84 Å². The Balaban J connectivity index is 2.35. The Morgan fingerprint density at radius 1 is 1.24 bits per heavy atom. The first-order valence-corrected chi connectivity index (χ1v) is 6.00. The highest BCUT2D eigenvalue weighted by molar-refractivity contribution is 6.32. The number of hydrogen-bond donors (Lipinski definition) is 1. The largest absolute Gasteiger partial charge is 0.451 e. The molecule has 0 aliphatic carbocycles. The van der Waals surface area contributed by atoms with E-state index in [0.717, 1.165) is 24.3 Å². The van der Waals surface area contributed by atoms with Crippen molar-refractivity contribution in [1.82, 2.24) is 0 Å². The van der Waals surface area contributed by atoms with E-state index in [-0.39, 0.29) is 22.0 Å². The normalized spacial score (nSPS) is 10.5. The summed E-state index contributed by atoms with van der Waals surface area (Å²) in [5.74, 6) is -2.75. The molecule has 5 nitrogen and oxygen atoms in total. The molecule has 0 aliphatic rings. The average Bonchev–Trinajstić information content (AvgIpc) is 2.42. The van der Waals surface area contributed by atoms with E-state index in [4.69, 9.17) is 21.4 Å². The molecule has 0 heterocycles. The highest BCUT2D eigenvalue weighted by Crippen LogP contribution is 2.33. The maximum atomic E-state index is 13.7. The molecular weight excluding hydrogens is 308 g/mol. The number of nitro benzene ring substituents is 1. The maximum Gasteiger partial charge on any atom is 0.288 e. The van der Waals surface area contributed by atoms with Gasteiger partial charge in [0.2, 0.25) is 0 Å². The van der Waals surface area contributed by atoms with Gasteiger partial charge in [-0.05, 0) is 23.8 Å². The predicted molar refractivity (Wildman–Crippen MR) is 70.5 cm³/mol. The molecular formula is C13H8ClF2NO4. The van der Waals surface area contributed by atoms with Gasteiger partial charge in [0.25, 0.3) is 5.69 Å². The van der Waals surface area contributed by atoms with Crippen LogP contribution in [-0.4, -0.2) is 10.0 Å². The number of benzene rings is 2. The molecule has 0 saturated heterocycles. The molecule has 0 unspecified atom stereocenters. The molecule has 0 bridgehead atoms. The first-order valence-electron chi connectivity index (χ1n) is 5.63. The van der Waals surface area contributed by atoms with Crippen molar-refractivity contribution in [3.05, 3.63) is 62.7 Å². The van der Waals surface area contributed by atoms with Crippen LogP contribution in [0.4, 0.5) is 14.5 Å². The number of rotatable bonds is 4. The van der Waals surface area contributed by atoms with Crippen molar-refractivity contribution >= 4 is 17.3 Å². The van der Waals surface area contributed by atoms with Gasteiger partial charge in [0.05, 0.1) is 11.5 Å². The summed E-state index contributed by atoms with van der Waals surface area (Å²) in [7, 11) is 0. The van der Waals surface area contributed by atoms with Gasteiger partial charge >= 0.3 is 0 Å². The minimum absolute atomic E-state index is 0.0547. The van der Waals surface area contributed by atoms with Gasteiger partial charge in [-0.3, -0.25) is 10.1 Å². The molecule has 0 amide bonds. The SMILES string of the molecule is O=[N+]([O-])c1ccc(Oc2c(F)cc(CO)cc2F)cc1Cl. The lowest BCUT2D eigenvalue weighted by atomic mass is 10.2. The number of hydrogen-bond acceptors (Lipinski definition) is 4. The van der Waals surface area contributed by atoms with Crippen LogP contribution in [0.5, 0.6) is 11.5 Å². The molecule has 2 aromatic rings. The molecule has 0 atom stereocenters. The van der Waals surface area contributed by atoms with Crippen molar-refractivity contribution < 1.29 is 23.5 Å². The third-order valence-corrected chi connectivity index (χ3v) is 2.88. The second-order valence-corrected chi connectivity index (χ2v) is 4.43. The molecule has 0 radical (unpaired) electrons. The summed E-state index contributed by atoms with van der Waals surface area (Å²) >= 11 is 5.68. The third-order valence-electron chi connectivity index (χ3n) is 2.58. The zero-order chi connectivity index (χ0) is 15.6. The molecule has 21 heavy (non-hydrogen) atoms. The van der Waals surface area contributed by atoms with E-state index in [9.17, 15) is 18.9 Å². The van der Waals surface area contributed by atoms with Crippen LogP contribution in [-0.2, 0) is 6.61 Å². The van der Waals surface area contributed by atoms with Gasteiger partial charge in [0.1, 0.15) is 10.8 Å². The molecule has 0 aliphatic heterocycles. The second kappa shape index (κ2) is 6.02. The van der Waals surface area contributed by atoms with Crippen LogP contribution in [0.2, 0.25) is 5.02 Å². The van der Waals surface area contributed by atoms with Crippen LogP contribution in [0.1, 0.15) is 5.56 Å². The minimum atomic E-state index is -1.01. The molecule has 0 spiro atoms. The van der Waals surface area contributed by atoms with Crippen molar-refractivity contribution in [2.45, 2.75) is 6.61 Å². The Bertz CT molecular complexity index is 686. The van der Waals surface area contributed by atoms with E-state index in [1.165, 1.54) is 6.07 Å². The van der Waals surface area contributed by atoms with Gasteiger partial charge in [-0.25, -0.2) is 8.78 Å². The van der Waals surface area contributed by atoms with Gasteiger partial charge in [-0.15, -0.1) is 0 Å². The maximum absolute atomic E-state index is 13.7. The Kier molecular flexibility index (Phi) is 4.35. The van der Waals surface area contributed by atoms with E-state index in [2.05, 4.69) is 0 Å². The zero-order valence-electron chi connectivity index (χ0n) is 10.3. The van der Waals surface area contributed by atoms with Crippen LogP contribution >= 0.6 is 11.6 Å². The second-order valence-electron chi connectivity index (χ2n) is 4.02. The highest BCUT2D eigenvalue weighted by Gasteiger charge is 2.16. The van der Waals surface area contributed by atoms with Gasteiger partial charge in [-0.1, -0.05) is 11.6 Å². The molecule has 1 N–H and O–H groups in total. The lowest BCUT2D eigenvalue weighted by Crippen LogP contribution is -1.96. The van der Waals surface area contributed by atoms with Crippen molar-refractivity contribution in [3.63, 3.8) is 0 Å². The molecule has 8 heteroatoms. The smallest absolute Gasteiger partial charge is 0.288 e. The number of nitro groups is 1. The number of halogens is 3. The molecule has 2 aromatic carbocycles. The summed E-state index contributed by atoms with van der Waals surface area (Å²) < 4.78 is 32.4. The highest BCUT2D eigenvalue weighted by atomic mass is 35.5. The fourth-order valence-corrected chi connectivity index (χ4v) is 1.86. The number of nitrogens with zero attached hydrogens (tertiary/aromatic N) is 1. The standard InChI is InChI=1S/C13H8ClF2NO4/c14-9-5-8(1-2-12(9)17(19)20)21-13-10(15)3-7(6-18)4-11(13)16/h1-5,18H,6H2. The first-order chi connectivity index (χ1) is 9.92. The van der Waals surface area contributed by atoms with E-state index < -0.39 is 28.9 Å². The Morgan fingerprint density at radius 2 is 1.86 bits per heavy atom. The van der Waals surface area contributed by atoms with Crippen LogP contribution in [0, 0.1) is 21.7 Å². The van der Waals surface area contributed by atoms with E-state index in [1.54, 1.807) is 0 Å². The van der Waals surface area contributed by atoms with Crippen LogP contribution in [0.25, 0.3) is 0 Å². The quantitative estimate of drug-likeness (QED) is 0.688. The fourth-order valence-electron chi connectivity index (χ4n) is 1.62. The average molecular weight is 316 g/mol. The minimum Gasteiger partial charge on any atom is -0.451 e. The summed E-state index contributed by atoms with van der Waals surface area (Å²) in [6, 6.07) is 5.16. The summed E-state index contributed by atoms with van der Waals surface area (Å²) in [6.45, 7) is -0.516. The number of aliphatic hydroxyl groups excluding tert-OH is 1. The molecule has 0 fully saturated rings. The van der Waals surface area contributed by atoms with Crippen molar-refractivity contribution in [2.24, 2.45) is 0 Å². The van der Waals surface area contributed by atoms with Crippen LogP contribution in [0.15, 0.2) is 30.3 Å². The number of aliphatic hydroxyl groups is 1. The molecule has 0 aromatic heterocycles. The molecule has 2 rings (SSSR count). The van der Waals surface area contributed by atoms with Crippen LogP contribution in [0.3, 0.4) is 0 Å². The first kappa shape index (κ1) is 15.1. The fraction of sp³-hybridized carbons (Fsp3) is 0.0769. The zero-order valence-corrected chi connectivity index (χ0v) is 11.1. The molecule has 110 valence electrons. The van der Waals surface area contributed by atoms with Crippen molar-refractivity contribution in [1.29, 1.82) is 0 Å². The topological polar surface area (TPSA) is 72.6 Å². The lowest BCUT2D eigenvalue weighted by Gasteiger charge is -2.09. The summed E-state index contributed by atoms with van der Waals surface area (Å²) in [5, 5.41) is 19.2. The Morgan fingerprint density at radius 3 is 2.33 bits per heavy atom. The summed E-state index contributed by atoms with van der Waals surface area (Å²) in [5.41, 5.74) is -0.292. The van der Waals surface area contributed by atoms with Crippen molar-refractivity contribution in [3.8, 4) is 11.5 Å². The van der Waals surface area contributed by atoms with Gasteiger partial charge in [-0.2, -0.15) is 0 Å². The third kappa shape index (κ3) is 3.26. The van der Waals surface area contributed by atoms with Gasteiger partial charge in [0, 0.05) is 12.1 Å². The predicted octanol–water partition coefficient (Wildman–Crippen LogP) is 3.81. The summed E-state index contributed by atoms with van der Waals surface area (Å²) in [6.07, 6.45) is 0. The lowest BCUT2D eigenvalue weighted by molar-refractivity contribution is -0.384. The summed E-state index contributed by atoms with van der Waals surface area (Å²) in [4.78, 5) is 9.92. The Labute approximate surface area is 122 Å². The van der Waals surface area contributed by atoms with E-state index in [1.807, 2.05) is 0 Å². The van der Waals surface area contributed by atoms with Crippen LogP contribution < -0.4 is 4.74 Å². The van der Waals surface area contributed by atoms with Gasteiger partial charge in [0.15, 0.2) is 17.4 Å².